The molecule has 0 aliphatic carbocycles. The highest BCUT2D eigenvalue weighted by atomic mass is 35.5. The third kappa shape index (κ3) is 5.12. The number of nitrogens with zero attached hydrogens (tertiary/aromatic N) is 3. The van der Waals surface area contributed by atoms with Crippen LogP contribution < -0.4 is 0 Å². The van der Waals surface area contributed by atoms with Gasteiger partial charge in [-0.05, 0) is 47.4 Å². The van der Waals surface area contributed by atoms with Gasteiger partial charge in [0, 0.05) is 30.6 Å². The summed E-state index contributed by atoms with van der Waals surface area (Å²) in [5.74, 6) is -0.0655. The predicted molar refractivity (Wildman–Crippen MR) is 135 cm³/mol. The summed E-state index contributed by atoms with van der Waals surface area (Å²) in [7, 11) is 0. The van der Waals surface area contributed by atoms with Gasteiger partial charge in [-0.25, -0.2) is 0 Å². The summed E-state index contributed by atoms with van der Waals surface area (Å²) < 4.78 is 6.06. The van der Waals surface area contributed by atoms with Crippen molar-refractivity contribution in [1.82, 2.24) is 15.1 Å². The first-order valence-electron chi connectivity index (χ1n) is 11.2. The molecule has 0 unspecified atom stereocenters. The zero-order valence-corrected chi connectivity index (χ0v) is 20.0. The van der Waals surface area contributed by atoms with E-state index >= 15 is 0 Å². The largest absolute Gasteiger partial charge is 0.480 e. The van der Waals surface area contributed by atoms with Crippen LogP contribution in [0.15, 0.2) is 77.2 Å². The van der Waals surface area contributed by atoms with Crippen molar-refractivity contribution >= 4 is 18.4 Å². The molecule has 8 heteroatoms. The number of aliphatic carboxylic acids is 1. The van der Waals surface area contributed by atoms with Gasteiger partial charge in [-0.2, -0.15) is 0 Å². The molecule has 0 amide bonds. The third-order valence-electron chi connectivity index (χ3n) is 6.30. The molecule has 0 radical (unpaired) electrons. The topological polar surface area (TPSA) is 99.7 Å². The first kappa shape index (κ1) is 24.6. The van der Waals surface area contributed by atoms with Crippen LogP contribution in [0.1, 0.15) is 17.5 Å². The number of carboxylic acids is 1. The minimum absolute atomic E-state index is 0. The van der Waals surface area contributed by atoms with Gasteiger partial charge in [0.25, 0.3) is 0 Å². The first-order chi connectivity index (χ1) is 16.5. The second-order valence-electron chi connectivity index (χ2n) is 8.63. The van der Waals surface area contributed by atoms with Gasteiger partial charge in [0.05, 0.1) is 6.10 Å². The molecule has 0 bridgehead atoms. The fraction of sp³-hybridized carbons (Fsp3) is 0.222. The SMILES string of the molecule is Cc1c(-c2ccccc2)cccc1-c1nnc(-c2cccc(CN3C[C@H](O)C[C@H]3C(=O)O)c2)o1.Cl. The molecule has 1 aliphatic rings. The van der Waals surface area contributed by atoms with Gasteiger partial charge in [-0.15, -0.1) is 22.6 Å². The summed E-state index contributed by atoms with van der Waals surface area (Å²) in [4.78, 5) is 13.3. The average molecular weight is 492 g/mol. The minimum Gasteiger partial charge on any atom is -0.480 e. The van der Waals surface area contributed by atoms with E-state index in [1.807, 2.05) is 61.5 Å². The normalized spacial score (nSPS) is 17.8. The summed E-state index contributed by atoms with van der Waals surface area (Å²) in [6.07, 6.45) is -0.388. The van der Waals surface area contributed by atoms with Gasteiger partial charge in [0.15, 0.2) is 0 Å². The number of hydrogen-bond acceptors (Lipinski definition) is 6. The van der Waals surface area contributed by atoms with Crippen LogP contribution in [0.4, 0.5) is 0 Å². The number of benzene rings is 3. The number of carbonyl (C=O) groups is 1. The van der Waals surface area contributed by atoms with Gasteiger partial charge < -0.3 is 14.6 Å². The van der Waals surface area contributed by atoms with Gasteiger partial charge >= 0.3 is 5.97 Å². The number of aliphatic hydroxyl groups is 1. The van der Waals surface area contributed by atoms with Crippen molar-refractivity contribution in [2.75, 3.05) is 6.54 Å². The van der Waals surface area contributed by atoms with Crippen molar-refractivity contribution in [3.8, 4) is 34.0 Å². The second-order valence-corrected chi connectivity index (χ2v) is 8.63. The lowest BCUT2D eigenvalue weighted by atomic mass is 9.96. The van der Waals surface area contributed by atoms with Crippen LogP contribution in [-0.4, -0.2) is 50.0 Å². The fourth-order valence-corrected chi connectivity index (χ4v) is 4.59. The quantitative estimate of drug-likeness (QED) is 0.399. The lowest BCUT2D eigenvalue weighted by molar-refractivity contribution is -0.142. The van der Waals surface area contributed by atoms with E-state index in [0.717, 1.165) is 33.4 Å². The van der Waals surface area contributed by atoms with E-state index in [4.69, 9.17) is 4.42 Å². The summed E-state index contributed by atoms with van der Waals surface area (Å²) in [6, 6.07) is 23.2. The van der Waals surface area contributed by atoms with E-state index in [2.05, 4.69) is 28.4 Å². The Morgan fingerprint density at radius 1 is 0.971 bits per heavy atom. The molecular weight excluding hydrogens is 466 g/mol. The highest BCUT2D eigenvalue weighted by Gasteiger charge is 2.35. The maximum Gasteiger partial charge on any atom is 0.321 e. The van der Waals surface area contributed by atoms with Crippen LogP contribution >= 0.6 is 12.4 Å². The Morgan fingerprint density at radius 2 is 1.66 bits per heavy atom. The number of aliphatic hydroxyl groups excluding tert-OH is 1. The molecule has 7 nitrogen and oxygen atoms in total. The van der Waals surface area contributed by atoms with Crippen molar-refractivity contribution in [3.05, 3.63) is 83.9 Å². The minimum atomic E-state index is -0.914. The van der Waals surface area contributed by atoms with Crippen LogP contribution in [0.5, 0.6) is 0 Å². The fourth-order valence-electron chi connectivity index (χ4n) is 4.59. The van der Waals surface area contributed by atoms with Crippen molar-refractivity contribution in [2.45, 2.75) is 32.0 Å². The number of rotatable bonds is 6. The Morgan fingerprint density at radius 3 is 2.43 bits per heavy atom. The van der Waals surface area contributed by atoms with Gasteiger partial charge in [0.2, 0.25) is 11.8 Å². The number of aromatic nitrogens is 2. The van der Waals surface area contributed by atoms with Crippen LogP contribution in [0.3, 0.4) is 0 Å². The van der Waals surface area contributed by atoms with Gasteiger partial charge in [-0.3, -0.25) is 9.69 Å². The average Bonchev–Trinajstić information content (AvgIpc) is 3.47. The smallest absolute Gasteiger partial charge is 0.321 e. The van der Waals surface area contributed by atoms with Crippen molar-refractivity contribution in [3.63, 3.8) is 0 Å². The molecule has 1 saturated heterocycles. The monoisotopic (exact) mass is 491 g/mol. The summed E-state index contributed by atoms with van der Waals surface area (Å²) in [6.45, 7) is 2.80. The first-order valence-corrected chi connectivity index (χ1v) is 11.2. The Balaban J connectivity index is 0.00000289. The molecule has 3 aromatic carbocycles. The highest BCUT2D eigenvalue weighted by molar-refractivity contribution is 5.85. The van der Waals surface area contributed by atoms with E-state index in [9.17, 15) is 15.0 Å². The number of hydrogen-bond donors (Lipinski definition) is 2. The molecular formula is C27H26ClN3O4. The number of β-amino-alcohol motifs (C(OH)–C–C–N with tert-alkyl or cyclic N) is 1. The standard InChI is InChI=1S/C27H25N3O4.ClH/c1-17-22(19-8-3-2-4-9-19)11-6-12-23(17)26-29-28-25(34-26)20-10-5-7-18(13-20)15-30-16-21(31)14-24(30)27(32)33;/h2-13,21,24,31H,14-16H2,1H3,(H,32,33);1H/t21-,24+;/m1./s1. The number of halogens is 1. The molecule has 2 atom stereocenters. The van der Waals surface area contributed by atoms with Crippen molar-refractivity contribution in [1.29, 1.82) is 0 Å². The van der Waals surface area contributed by atoms with Gasteiger partial charge in [0.1, 0.15) is 6.04 Å². The molecule has 5 rings (SSSR count). The molecule has 0 spiro atoms. The summed E-state index contributed by atoms with van der Waals surface area (Å²) in [5, 5.41) is 27.9. The lowest BCUT2D eigenvalue weighted by Gasteiger charge is -2.20. The van der Waals surface area contributed by atoms with Gasteiger partial charge in [-0.1, -0.05) is 54.6 Å². The van der Waals surface area contributed by atoms with E-state index in [1.165, 1.54) is 0 Å². The zero-order chi connectivity index (χ0) is 23.7. The number of carboxylic acid groups (broad SMARTS) is 1. The Bertz CT molecular complexity index is 1330. The van der Waals surface area contributed by atoms with Crippen LogP contribution in [-0.2, 0) is 11.3 Å². The maximum atomic E-state index is 11.5. The van der Waals surface area contributed by atoms with Crippen LogP contribution in [0, 0.1) is 6.92 Å². The molecule has 0 saturated carbocycles. The molecule has 35 heavy (non-hydrogen) atoms. The second kappa shape index (κ2) is 10.4. The molecule has 1 aromatic heterocycles. The Labute approximate surface area is 209 Å². The van der Waals surface area contributed by atoms with Crippen molar-refractivity contribution in [2.24, 2.45) is 0 Å². The van der Waals surface area contributed by atoms with Crippen molar-refractivity contribution < 1.29 is 19.4 Å². The van der Waals surface area contributed by atoms with E-state index in [0.29, 0.717) is 24.9 Å². The molecule has 1 fully saturated rings. The summed E-state index contributed by atoms with van der Waals surface area (Å²) in [5.41, 5.74) is 5.86. The Hall–Kier alpha value is -3.52. The van der Waals surface area contributed by atoms with Crippen LogP contribution in [0.25, 0.3) is 34.0 Å². The van der Waals surface area contributed by atoms with E-state index < -0.39 is 18.1 Å². The molecule has 4 aromatic rings. The Kier molecular flexibility index (Phi) is 7.31. The maximum absolute atomic E-state index is 11.5. The summed E-state index contributed by atoms with van der Waals surface area (Å²) >= 11 is 0. The zero-order valence-electron chi connectivity index (χ0n) is 19.2. The van der Waals surface area contributed by atoms with E-state index in [1.54, 1.807) is 4.90 Å². The lowest BCUT2D eigenvalue weighted by Crippen LogP contribution is -2.35. The van der Waals surface area contributed by atoms with Crippen LogP contribution in [0.2, 0.25) is 0 Å². The molecule has 1 aliphatic heterocycles. The molecule has 2 N–H and O–H groups in total. The third-order valence-corrected chi connectivity index (χ3v) is 6.30. The molecule has 2 heterocycles. The van der Waals surface area contributed by atoms with E-state index in [-0.39, 0.29) is 18.8 Å². The predicted octanol–water partition coefficient (Wildman–Crippen LogP) is 4.82. The molecule has 180 valence electrons. The highest BCUT2D eigenvalue weighted by Crippen LogP contribution is 2.32. The number of likely N-dealkylation sites (tertiary alicyclic amines) is 1.